The molecule has 1 saturated heterocycles. The normalized spacial score (nSPS) is 21.5. The number of ether oxygens (including phenoxy) is 1. The lowest BCUT2D eigenvalue weighted by molar-refractivity contribution is -0.135. The molecule has 1 aliphatic heterocycles. The van der Waals surface area contributed by atoms with Crippen molar-refractivity contribution >= 4 is 12.0 Å². The summed E-state index contributed by atoms with van der Waals surface area (Å²) in [5.74, 6) is 0.743. The number of rotatable bonds is 5. The Morgan fingerprint density at radius 1 is 1.09 bits per heavy atom. The lowest BCUT2D eigenvalue weighted by atomic mass is 9.73. The summed E-state index contributed by atoms with van der Waals surface area (Å²) < 4.78 is 5.49. The van der Waals surface area contributed by atoms with Crippen LogP contribution in [0.3, 0.4) is 0 Å². The van der Waals surface area contributed by atoms with Crippen LogP contribution >= 0.6 is 0 Å². The van der Waals surface area contributed by atoms with Crippen molar-refractivity contribution in [3.8, 4) is 0 Å². The number of nitrogens with one attached hydrogen (secondary N) is 1. The van der Waals surface area contributed by atoms with Gasteiger partial charge in [-0.25, -0.2) is 4.79 Å². The van der Waals surface area contributed by atoms with E-state index in [-0.39, 0.29) is 11.3 Å². The van der Waals surface area contributed by atoms with Gasteiger partial charge in [0.1, 0.15) is 11.6 Å². The van der Waals surface area contributed by atoms with Crippen LogP contribution in [0.4, 0.5) is 4.79 Å². The van der Waals surface area contributed by atoms with E-state index in [2.05, 4.69) is 29.6 Å². The van der Waals surface area contributed by atoms with Crippen molar-refractivity contribution in [1.29, 1.82) is 0 Å². The Hall–Kier alpha value is -2.04. The number of alkyl carbamates (subject to hydrolysis) is 1. The molecule has 33 heavy (non-hydrogen) atoms. The van der Waals surface area contributed by atoms with Crippen molar-refractivity contribution in [3.05, 3.63) is 35.4 Å². The summed E-state index contributed by atoms with van der Waals surface area (Å²) in [6.07, 6.45) is 12.0. The van der Waals surface area contributed by atoms with E-state index < -0.39 is 17.7 Å². The van der Waals surface area contributed by atoms with Gasteiger partial charge in [-0.15, -0.1) is 0 Å². The molecule has 182 valence electrons. The molecule has 0 radical (unpaired) electrons. The standard InChI is InChI=1S/C28H42N2O3/c1-27(2,3)33-26(32)29-24(14-13-21-9-5-4-6-10-21)25(31)30-19-17-28(18-20-30)16-15-22-11-7-8-12-23(22)28/h7-8,11-12,21,24H,4-6,9-10,13-20H2,1-3H3,(H,29,32)/t24-/m1/s1. The Kier molecular flexibility index (Phi) is 7.35. The monoisotopic (exact) mass is 454 g/mol. The van der Waals surface area contributed by atoms with Gasteiger partial charge in [-0.05, 0) is 81.8 Å². The molecule has 2 aliphatic carbocycles. The zero-order valence-electron chi connectivity index (χ0n) is 20.8. The maximum absolute atomic E-state index is 13.6. The quantitative estimate of drug-likeness (QED) is 0.616. The zero-order valence-corrected chi connectivity index (χ0v) is 20.8. The smallest absolute Gasteiger partial charge is 0.408 e. The van der Waals surface area contributed by atoms with Crippen LogP contribution in [0.15, 0.2) is 24.3 Å². The van der Waals surface area contributed by atoms with E-state index in [9.17, 15) is 9.59 Å². The number of likely N-dealkylation sites (tertiary alicyclic amines) is 1. The Morgan fingerprint density at radius 2 is 1.79 bits per heavy atom. The maximum Gasteiger partial charge on any atom is 0.408 e. The fourth-order valence-electron chi connectivity index (χ4n) is 6.24. The number of carbonyl (C=O) groups is 2. The van der Waals surface area contributed by atoms with Crippen LogP contribution in [0, 0.1) is 5.92 Å². The lowest BCUT2D eigenvalue weighted by Gasteiger charge is -2.41. The molecule has 0 unspecified atom stereocenters. The fraction of sp³-hybridized carbons (Fsp3) is 0.714. The van der Waals surface area contributed by atoms with Crippen LogP contribution in [0.1, 0.15) is 96.1 Å². The van der Waals surface area contributed by atoms with Crippen molar-refractivity contribution in [3.63, 3.8) is 0 Å². The molecule has 3 aliphatic rings. The number of aryl methyl sites for hydroxylation is 1. The topological polar surface area (TPSA) is 58.6 Å². The summed E-state index contributed by atoms with van der Waals surface area (Å²) in [6.45, 7) is 7.10. The van der Waals surface area contributed by atoms with E-state index in [0.29, 0.717) is 12.3 Å². The van der Waals surface area contributed by atoms with Crippen molar-refractivity contribution < 1.29 is 14.3 Å². The minimum atomic E-state index is -0.575. The molecule has 2 amide bonds. The number of hydrogen-bond acceptors (Lipinski definition) is 3. The Bertz CT molecular complexity index is 830. The summed E-state index contributed by atoms with van der Waals surface area (Å²) >= 11 is 0. The largest absolute Gasteiger partial charge is 0.444 e. The summed E-state index contributed by atoms with van der Waals surface area (Å²) in [5, 5.41) is 2.93. The van der Waals surface area contributed by atoms with Crippen LogP contribution in [-0.2, 0) is 21.4 Å². The third-order valence-corrected chi connectivity index (χ3v) is 8.07. The Morgan fingerprint density at radius 3 is 2.48 bits per heavy atom. The van der Waals surface area contributed by atoms with Gasteiger partial charge in [0, 0.05) is 13.1 Å². The van der Waals surface area contributed by atoms with Gasteiger partial charge in [-0.2, -0.15) is 0 Å². The molecule has 1 aromatic rings. The summed E-state index contributed by atoms with van der Waals surface area (Å²) in [6, 6.07) is 8.34. The van der Waals surface area contributed by atoms with Gasteiger partial charge in [0.25, 0.3) is 0 Å². The highest BCUT2D eigenvalue weighted by Gasteiger charge is 2.42. The van der Waals surface area contributed by atoms with E-state index in [1.807, 2.05) is 25.7 Å². The third-order valence-electron chi connectivity index (χ3n) is 8.07. The number of benzene rings is 1. The van der Waals surface area contributed by atoms with Crippen molar-refractivity contribution in [2.24, 2.45) is 5.92 Å². The molecule has 1 N–H and O–H groups in total. The second-order valence-electron chi connectivity index (χ2n) is 11.5. The molecule has 1 aromatic carbocycles. The minimum Gasteiger partial charge on any atom is -0.444 e. The van der Waals surface area contributed by atoms with Gasteiger partial charge >= 0.3 is 6.09 Å². The molecule has 1 spiro atoms. The summed E-state index contributed by atoms with van der Waals surface area (Å²) in [4.78, 5) is 28.1. The van der Waals surface area contributed by atoms with Crippen molar-refractivity contribution in [2.45, 2.75) is 108 Å². The van der Waals surface area contributed by atoms with E-state index >= 15 is 0 Å². The van der Waals surface area contributed by atoms with E-state index in [4.69, 9.17) is 4.74 Å². The number of nitrogens with zero attached hydrogens (tertiary/aromatic N) is 1. The average Bonchev–Trinajstić information content (AvgIpc) is 3.14. The Balaban J connectivity index is 1.39. The molecule has 4 rings (SSSR count). The van der Waals surface area contributed by atoms with Gasteiger partial charge in [0.15, 0.2) is 0 Å². The van der Waals surface area contributed by atoms with Gasteiger partial charge in [-0.3, -0.25) is 4.79 Å². The van der Waals surface area contributed by atoms with Gasteiger partial charge < -0.3 is 15.0 Å². The molecule has 0 aromatic heterocycles. The maximum atomic E-state index is 13.6. The SMILES string of the molecule is CC(C)(C)OC(=O)N[C@H](CCC1CCCCC1)C(=O)N1CCC2(CCc3ccccc32)CC1. The van der Waals surface area contributed by atoms with Gasteiger partial charge in [-0.1, -0.05) is 56.4 Å². The zero-order chi connectivity index (χ0) is 23.5. The molecule has 5 heteroatoms. The highest BCUT2D eigenvalue weighted by atomic mass is 16.6. The van der Waals surface area contributed by atoms with E-state index in [0.717, 1.165) is 38.8 Å². The molecular formula is C28H42N2O3. The number of fused-ring (bicyclic) bond motifs is 2. The first-order chi connectivity index (χ1) is 15.8. The Labute approximate surface area is 199 Å². The van der Waals surface area contributed by atoms with Gasteiger partial charge in [0.2, 0.25) is 5.91 Å². The van der Waals surface area contributed by atoms with Crippen molar-refractivity contribution in [1.82, 2.24) is 10.2 Å². The predicted molar refractivity (Wildman–Crippen MR) is 131 cm³/mol. The first-order valence-electron chi connectivity index (χ1n) is 13.1. The van der Waals surface area contributed by atoms with Crippen LogP contribution in [0.5, 0.6) is 0 Å². The van der Waals surface area contributed by atoms with Crippen LogP contribution in [-0.4, -0.2) is 41.6 Å². The van der Waals surface area contributed by atoms with Gasteiger partial charge in [0.05, 0.1) is 0 Å². The average molecular weight is 455 g/mol. The molecule has 2 fully saturated rings. The lowest BCUT2D eigenvalue weighted by Crippen LogP contribution is -2.53. The molecule has 5 nitrogen and oxygen atoms in total. The summed E-state index contributed by atoms with van der Waals surface area (Å²) in [7, 11) is 0. The van der Waals surface area contributed by atoms with Crippen LogP contribution in [0.25, 0.3) is 0 Å². The number of hydrogen-bond donors (Lipinski definition) is 1. The molecule has 1 heterocycles. The van der Waals surface area contributed by atoms with E-state index in [1.54, 1.807) is 0 Å². The second kappa shape index (κ2) is 10.1. The van der Waals surface area contributed by atoms with Crippen LogP contribution < -0.4 is 5.32 Å². The minimum absolute atomic E-state index is 0.0674. The highest BCUT2D eigenvalue weighted by molar-refractivity contribution is 5.85. The molecule has 0 bridgehead atoms. The first-order valence-corrected chi connectivity index (χ1v) is 13.1. The van der Waals surface area contributed by atoms with Crippen molar-refractivity contribution in [2.75, 3.05) is 13.1 Å². The third kappa shape index (κ3) is 5.91. The number of amides is 2. The first kappa shape index (κ1) is 24.1. The second-order valence-corrected chi connectivity index (χ2v) is 11.5. The molecule has 1 saturated carbocycles. The predicted octanol–water partition coefficient (Wildman–Crippen LogP) is 5.75. The summed E-state index contributed by atoms with van der Waals surface area (Å²) in [5.41, 5.74) is 2.63. The van der Waals surface area contributed by atoms with Crippen LogP contribution in [0.2, 0.25) is 0 Å². The number of piperidine rings is 1. The van der Waals surface area contributed by atoms with E-state index in [1.165, 1.54) is 49.7 Å². The molecular weight excluding hydrogens is 412 g/mol. The number of carbonyl (C=O) groups excluding carboxylic acids is 2. The molecule has 1 atom stereocenters. The highest BCUT2D eigenvalue weighted by Crippen LogP contribution is 2.46. The fourth-order valence-corrected chi connectivity index (χ4v) is 6.24.